The summed E-state index contributed by atoms with van der Waals surface area (Å²) in [5.74, 6) is 0.774. The lowest BCUT2D eigenvalue weighted by atomic mass is 10.1. The maximum atomic E-state index is 5.34. The Morgan fingerprint density at radius 2 is 2.14 bits per heavy atom. The van der Waals surface area contributed by atoms with Crippen LogP contribution in [0.5, 0.6) is 0 Å². The van der Waals surface area contributed by atoms with Crippen LogP contribution in [-0.2, 0) is 0 Å². The molecular formula is C16H17N3OS. The molecule has 1 N–H and O–H groups in total. The van der Waals surface area contributed by atoms with Crippen molar-refractivity contribution in [2.24, 2.45) is 0 Å². The first kappa shape index (κ1) is 13.8. The molecule has 2 heterocycles. The first-order valence-electron chi connectivity index (χ1n) is 6.83. The van der Waals surface area contributed by atoms with Gasteiger partial charge < -0.3 is 9.73 Å². The fraction of sp³-hybridized carbons (Fsp3) is 0.250. The molecular weight excluding hydrogens is 282 g/mol. The highest BCUT2D eigenvalue weighted by Crippen LogP contribution is 2.29. The van der Waals surface area contributed by atoms with E-state index < -0.39 is 0 Å². The van der Waals surface area contributed by atoms with Crippen molar-refractivity contribution >= 4 is 17.0 Å². The number of benzene rings is 1. The monoisotopic (exact) mass is 299 g/mol. The molecule has 1 atom stereocenters. The molecule has 0 aliphatic carbocycles. The van der Waals surface area contributed by atoms with Gasteiger partial charge in [0.15, 0.2) is 12.2 Å². The van der Waals surface area contributed by atoms with Gasteiger partial charge in [-0.3, -0.25) is 0 Å². The summed E-state index contributed by atoms with van der Waals surface area (Å²) in [5.41, 5.74) is 3.17. The zero-order valence-electron chi connectivity index (χ0n) is 12.3. The van der Waals surface area contributed by atoms with E-state index in [4.69, 9.17) is 4.42 Å². The second-order valence-corrected chi connectivity index (χ2v) is 6.23. The number of aromatic nitrogens is 2. The van der Waals surface area contributed by atoms with Gasteiger partial charge in [-0.2, -0.15) is 0 Å². The van der Waals surface area contributed by atoms with E-state index in [1.54, 1.807) is 17.5 Å². The van der Waals surface area contributed by atoms with Crippen LogP contribution in [0.4, 0.5) is 5.69 Å². The van der Waals surface area contributed by atoms with Gasteiger partial charge in [-0.15, -0.1) is 11.3 Å². The summed E-state index contributed by atoms with van der Waals surface area (Å²) in [5, 5.41) is 4.63. The summed E-state index contributed by atoms with van der Waals surface area (Å²) in [4.78, 5) is 9.72. The first-order chi connectivity index (χ1) is 10.1. The van der Waals surface area contributed by atoms with Gasteiger partial charge in [-0.25, -0.2) is 9.97 Å². The second kappa shape index (κ2) is 5.69. The van der Waals surface area contributed by atoms with Crippen LogP contribution in [-0.4, -0.2) is 9.97 Å². The average molecular weight is 299 g/mol. The molecule has 3 aromatic rings. The topological polar surface area (TPSA) is 51.0 Å². The van der Waals surface area contributed by atoms with E-state index in [1.807, 2.05) is 19.1 Å². The molecule has 1 aromatic carbocycles. The van der Waals surface area contributed by atoms with Gasteiger partial charge in [0.2, 0.25) is 0 Å². The summed E-state index contributed by atoms with van der Waals surface area (Å²) in [7, 11) is 0. The normalized spacial score (nSPS) is 12.3. The molecule has 0 aliphatic heterocycles. The van der Waals surface area contributed by atoms with Gasteiger partial charge in [0.25, 0.3) is 0 Å². The number of aryl methyl sites for hydroxylation is 2. The predicted octanol–water partition coefficient (Wildman–Crippen LogP) is 4.59. The second-order valence-electron chi connectivity index (χ2n) is 5.00. The number of rotatable bonds is 4. The SMILES string of the molecule is Cc1nc(C)c(C(C)Nc2cccc(-c3cnco3)c2)s1. The molecule has 0 bridgehead atoms. The molecule has 2 aromatic heterocycles. The van der Waals surface area contributed by atoms with Crippen LogP contribution in [0.25, 0.3) is 11.3 Å². The van der Waals surface area contributed by atoms with Crippen molar-refractivity contribution < 1.29 is 4.42 Å². The van der Waals surface area contributed by atoms with E-state index in [-0.39, 0.29) is 6.04 Å². The smallest absolute Gasteiger partial charge is 0.181 e. The highest BCUT2D eigenvalue weighted by molar-refractivity contribution is 7.11. The van der Waals surface area contributed by atoms with E-state index in [0.717, 1.165) is 27.7 Å². The largest absolute Gasteiger partial charge is 0.444 e. The zero-order chi connectivity index (χ0) is 14.8. The minimum atomic E-state index is 0.223. The van der Waals surface area contributed by atoms with Crippen molar-refractivity contribution in [3.8, 4) is 11.3 Å². The third-order valence-corrected chi connectivity index (χ3v) is 4.55. The lowest BCUT2D eigenvalue weighted by Gasteiger charge is -2.15. The van der Waals surface area contributed by atoms with E-state index in [2.05, 4.69) is 41.3 Å². The molecule has 21 heavy (non-hydrogen) atoms. The molecule has 0 radical (unpaired) electrons. The van der Waals surface area contributed by atoms with E-state index in [1.165, 1.54) is 11.3 Å². The van der Waals surface area contributed by atoms with Crippen molar-refractivity contribution in [3.63, 3.8) is 0 Å². The number of nitrogens with one attached hydrogen (secondary N) is 1. The molecule has 108 valence electrons. The third kappa shape index (κ3) is 2.97. The molecule has 0 spiro atoms. The zero-order valence-corrected chi connectivity index (χ0v) is 13.1. The molecule has 4 nitrogen and oxygen atoms in total. The number of nitrogens with zero attached hydrogens (tertiary/aromatic N) is 2. The highest BCUT2D eigenvalue weighted by atomic mass is 32.1. The van der Waals surface area contributed by atoms with Gasteiger partial charge in [0.1, 0.15) is 0 Å². The van der Waals surface area contributed by atoms with Gasteiger partial charge in [0, 0.05) is 16.1 Å². The molecule has 0 saturated carbocycles. The predicted molar refractivity (Wildman–Crippen MR) is 85.6 cm³/mol. The Labute approximate surface area is 127 Å². The number of thiazole rings is 1. The standard InChI is InChI=1S/C16H17N3OS/c1-10-16(21-12(3)18-10)11(2)19-14-6-4-5-13(7-14)15-8-17-9-20-15/h4-9,11,19H,1-3H3. The first-order valence-corrected chi connectivity index (χ1v) is 7.64. The van der Waals surface area contributed by atoms with Crippen LogP contribution in [0.1, 0.15) is 28.5 Å². The fourth-order valence-electron chi connectivity index (χ4n) is 2.38. The van der Waals surface area contributed by atoms with Crippen molar-refractivity contribution in [2.45, 2.75) is 26.8 Å². The van der Waals surface area contributed by atoms with Crippen LogP contribution in [0.2, 0.25) is 0 Å². The lowest BCUT2D eigenvalue weighted by molar-refractivity contribution is 0.572. The Hall–Kier alpha value is -2.14. The van der Waals surface area contributed by atoms with Crippen molar-refractivity contribution in [1.82, 2.24) is 9.97 Å². The third-order valence-electron chi connectivity index (χ3n) is 3.30. The quantitative estimate of drug-likeness (QED) is 0.765. The van der Waals surface area contributed by atoms with Gasteiger partial charge in [-0.05, 0) is 32.9 Å². The Balaban J connectivity index is 1.82. The Morgan fingerprint density at radius 3 is 2.81 bits per heavy atom. The van der Waals surface area contributed by atoms with Crippen LogP contribution >= 0.6 is 11.3 Å². The number of anilines is 1. The summed E-state index contributed by atoms with van der Waals surface area (Å²) in [6.07, 6.45) is 3.17. The fourth-order valence-corrected chi connectivity index (χ4v) is 3.31. The Morgan fingerprint density at radius 1 is 1.29 bits per heavy atom. The van der Waals surface area contributed by atoms with Crippen LogP contribution < -0.4 is 5.32 Å². The number of oxazole rings is 1. The maximum Gasteiger partial charge on any atom is 0.181 e. The van der Waals surface area contributed by atoms with Gasteiger partial charge in [-0.1, -0.05) is 12.1 Å². The summed E-state index contributed by atoms with van der Waals surface area (Å²) >= 11 is 1.74. The van der Waals surface area contributed by atoms with Crippen LogP contribution in [0.15, 0.2) is 41.3 Å². The molecule has 5 heteroatoms. The molecule has 3 rings (SSSR count). The van der Waals surface area contributed by atoms with Crippen molar-refractivity contribution in [2.75, 3.05) is 5.32 Å². The lowest BCUT2D eigenvalue weighted by Crippen LogP contribution is -2.06. The Kier molecular flexibility index (Phi) is 3.75. The minimum Gasteiger partial charge on any atom is -0.444 e. The maximum absolute atomic E-state index is 5.34. The summed E-state index contributed by atoms with van der Waals surface area (Å²) in [6.45, 7) is 6.25. The number of hydrogen-bond acceptors (Lipinski definition) is 5. The Bertz CT molecular complexity index is 734. The molecule has 0 amide bonds. The van der Waals surface area contributed by atoms with Crippen molar-refractivity contribution in [1.29, 1.82) is 0 Å². The molecule has 0 saturated heterocycles. The van der Waals surface area contributed by atoms with Crippen LogP contribution in [0, 0.1) is 13.8 Å². The van der Waals surface area contributed by atoms with E-state index >= 15 is 0 Å². The molecule has 0 aliphatic rings. The average Bonchev–Trinajstić information content (AvgIpc) is 3.08. The number of hydrogen-bond donors (Lipinski definition) is 1. The highest BCUT2D eigenvalue weighted by Gasteiger charge is 2.13. The van der Waals surface area contributed by atoms with E-state index in [9.17, 15) is 0 Å². The summed E-state index contributed by atoms with van der Waals surface area (Å²) < 4.78 is 5.34. The minimum absolute atomic E-state index is 0.223. The van der Waals surface area contributed by atoms with E-state index in [0.29, 0.717) is 0 Å². The summed E-state index contributed by atoms with van der Waals surface area (Å²) in [6, 6.07) is 8.37. The molecule has 1 unspecified atom stereocenters. The molecule has 0 fully saturated rings. The van der Waals surface area contributed by atoms with Gasteiger partial charge >= 0.3 is 0 Å². The van der Waals surface area contributed by atoms with Gasteiger partial charge in [0.05, 0.1) is 22.9 Å². The van der Waals surface area contributed by atoms with Crippen molar-refractivity contribution in [3.05, 3.63) is 52.4 Å². The van der Waals surface area contributed by atoms with Crippen LogP contribution in [0.3, 0.4) is 0 Å².